The second kappa shape index (κ2) is 7.24. The first-order chi connectivity index (χ1) is 11.6. The zero-order chi connectivity index (χ0) is 17.1. The van der Waals surface area contributed by atoms with Crippen LogP contribution in [0.4, 0.5) is 4.39 Å². The third-order valence-corrected chi connectivity index (χ3v) is 4.29. The molecule has 0 saturated carbocycles. The van der Waals surface area contributed by atoms with E-state index < -0.39 is 0 Å². The Kier molecular flexibility index (Phi) is 5.07. The standard InChI is InChI=1S/C19H20ClFN2O/c1-22-9-8-14-11-23(2)17-7-6-16(21)19(18(14)17)24-12-13-4-3-5-15(20)10-13/h3-7,10-11,22H,8-9,12H2,1-2H3. The molecule has 1 aromatic heterocycles. The lowest BCUT2D eigenvalue weighted by molar-refractivity contribution is 0.294. The van der Waals surface area contributed by atoms with E-state index in [1.807, 2.05) is 43.1 Å². The number of aryl methyl sites for hydroxylation is 1. The number of hydrogen-bond donors (Lipinski definition) is 1. The predicted molar refractivity (Wildman–Crippen MR) is 96.3 cm³/mol. The Morgan fingerprint density at radius 3 is 2.83 bits per heavy atom. The summed E-state index contributed by atoms with van der Waals surface area (Å²) < 4.78 is 22.3. The van der Waals surface area contributed by atoms with Crippen LogP contribution in [0.3, 0.4) is 0 Å². The molecule has 0 amide bonds. The molecule has 0 unspecified atom stereocenters. The zero-order valence-electron chi connectivity index (χ0n) is 13.8. The largest absolute Gasteiger partial charge is 0.485 e. The van der Waals surface area contributed by atoms with Crippen molar-refractivity contribution in [2.24, 2.45) is 7.05 Å². The molecule has 5 heteroatoms. The molecule has 0 spiro atoms. The van der Waals surface area contributed by atoms with Crippen molar-refractivity contribution in [1.29, 1.82) is 0 Å². The fourth-order valence-electron chi connectivity index (χ4n) is 2.89. The minimum absolute atomic E-state index is 0.275. The van der Waals surface area contributed by atoms with Crippen LogP contribution < -0.4 is 10.1 Å². The Morgan fingerprint density at radius 1 is 1.25 bits per heavy atom. The number of aromatic nitrogens is 1. The molecule has 0 aliphatic rings. The van der Waals surface area contributed by atoms with Gasteiger partial charge < -0.3 is 14.6 Å². The highest BCUT2D eigenvalue weighted by Gasteiger charge is 2.16. The lowest BCUT2D eigenvalue weighted by Gasteiger charge is -2.11. The maximum absolute atomic E-state index is 14.4. The molecule has 0 aliphatic heterocycles. The van der Waals surface area contributed by atoms with Gasteiger partial charge in [-0.2, -0.15) is 0 Å². The van der Waals surface area contributed by atoms with Gasteiger partial charge in [-0.25, -0.2) is 4.39 Å². The van der Waals surface area contributed by atoms with Gasteiger partial charge in [0.15, 0.2) is 11.6 Å². The van der Waals surface area contributed by atoms with Gasteiger partial charge in [-0.05, 0) is 55.4 Å². The van der Waals surface area contributed by atoms with Crippen LogP contribution in [0, 0.1) is 5.82 Å². The Balaban J connectivity index is 1.97. The summed E-state index contributed by atoms with van der Waals surface area (Å²) in [7, 11) is 3.87. The lowest BCUT2D eigenvalue weighted by atomic mass is 10.1. The molecule has 0 radical (unpaired) electrons. The van der Waals surface area contributed by atoms with Crippen molar-refractivity contribution in [2.75, 3.05) is 13.6 Å². The Bertz CT molecular complexity index is 860. The van der Waals surface area contributed by atoms with E-state index in [2.05, 4.69) is 5.32 Å². The summed E-state index contributed by atoms with van der Waals surface area (Å²) >= 11 is 6.00. The van der Waals surface area contributed by atoms with Crippen molar-refractivity contribution in [3.63, 3.8) is 0 Å². The van der Waals surface area contributed by atoms with Gasteiger partial charge in [0.2, 0.25) is 0 Å². The number of nitrogens with one attached hydrogen (secondary N) is 1. The molecule has 3 rings (SSSR count). The molecule has 0 fully saturated rings. The third-order valence-electron chi connectivity index (χ3n) is 4.05. The lowest BCUT2D eigenvalue weighted by Crippen LogP contribution is -2.10. The fraction of sp³-hybridized carbons (Fsp3) is 0.263. The molecular formula is C19H20ClFN2O. The Hall–Kier alpha value is -2.04. The molecule has 3 aromatic rings. The summed E-state index contributed by atoms with van der Waals surface area (Å²) in [6.07, 6.45) is 2.85. The van der Waals surface area contributed by atoms with Gasteiger partial charge in [-0.3, -0.25) is 0 Å². The number of nitrogens with zero attached hydrogens (tertiary/aromatic N) is 1. The fourth-order valence-corrected chi connectivity index (χ4v) is 3.10. The van der Waals surface area contributed by atoms with E-state index in [4.69, 9.17) is 16.3 Å². The van der Waals surface area contributed by atoms with E-state index in [0.717, 1.165) is 35.0 Å². The van der Waals surface area contributed by atoms with Crippen LogP contribution in [-0.2, 0) is 20.1 Å². The van der Waals surface area contributed by atoms with Crippen LogP contribution >= 0.6 is 11.6 Å². The van der Waals surface area contributed by atoms with E-state index >= 15 is 0 Å². The minimum Gasteiger partial charge on any atom is -0.485 e. The van der Waals surface area contributed by atoms with Gasteiger partial charge in [0.1, 0.15) is 6.61 Å². The maximum Gasteiger partial charge on any atom is 0.165 e. The van der Waals surface area contributed by atoms with Crippen molar-refractivity contribution in [2.45, 2.75) is 13.0 Å². The molecule has 0 saturated heterocycles. The number of hydrogen-bond acceptors (Lipinski definition) is 2. The molecule has 1 heterocycles. The number of fused-ring (bicyclic) bond motifs is 1. The van der Waals surface area contributed by atoms with Crippen LogP contribution in [0.1, 0.15) is 11.1 Å². The third kappa shape index (κ3) is 3.40. The molecule has 0 aliphatic carbocycles. The number of likely N-dealkylation sites (N-methyl/N-ethyl adjacent to an activating group) is 1. The second-order valence-electron chi connectivity index (χ2n) is 5.81. The number of benzene rings is 2. The second-order valence-corrected chi connectivity index (χ2v) is 6.24. The molecular weight excluding hydrogens is 327 g/mol. The first-order valence-corrected chi connectivity index (χ1v) is 8.26. The molecule has 24 heavy (non-hydrogen) atoms. The smallest absolute Gasteiger partial charge is 0.165 e. The van der Waals surface area contributed by atoms with E-state index in [0.29, 0.717) is 10.8 Å². The number of rotatable bonds is 6. The van der Waals surface area contributed by atoms with Crippen LogP contribution in [0.5, 0.6) is 5.75 Å². The predicted octanol–water partition coefficient (Wildman–Crippen LogP) is 4.31. The van der Waals surface area contributed by atoms with Crippen molar-refractivity contribution < 1.29 is 9.13 Å². The van der Waals surface area contributed by atoms with E-state index in [1.165, 1.54) is 6.07 Å². The first kappa shape index (κ1) is 16.8. The average Bonchev–Trinajstić information content (AvgIpc) is 2.88. The van der Waals surface area contributed by atoms with E-state index in [9.17, 15) is 4.39 Å². The summed E-state index contributed by atoms with van der Waals surface area (Å²) in [6.45, 7) is 1.10. The SMILES string of the molecule is CNCCc1cn(C)c2ccc(F)c(OCc3cccc(Cl)c3)c12. The van der Waals surface area contributed by atoms with E-state index in [1.54, 1.807) is 12.1 Å². The first-order valence-electron chi connectivity index (χ1n) is 7.88. The summed E-state index contributed by atoms with van der Waals surface area (Å²) in [6, 6.07) is 10.7. The van der Waals surface area contributed by atoms with Gasteiger partial charge in [0.25, 0.3) is 0 Å². The molecule has 2 aromatic carbocycles. The van der Waals surface area contributed by atoms with Crippen LogP contribution in [0.15, 0.2) is 42.6 Å². The Labute approximate surface area is 146 Å². The summed E-state index contributed by atoms with van der Waals surface area (Å²) in [5.41, 5.74) is 2.94. The van der Waals surface area contributed by atoms with Crippen molar-refractivity contribution in [1.82, 2.24) is 9.88 Å². The summed E-state index contributed by atoms with van der Waals surface area (Å²) in [4.78, 5) is 0. The highest BCUT2D eigenvalue weighted by molar-refractivity contribution is 6.30. The normalized spacial score (nSPS) is 11.2. The van der Waals surface area contributed by atoms with Crippen molar-refractivity contribution in [3.05, 3.63) is 64.6 Å². The molecule has 0 bridgehead atoms. The highest BCUT2D eigenvalue weighted by atomic mass is 35.5. The molecule has 126 valence electrons. The minimum atomic E-state index is -0.346. The van der Waals surface area contributed by atoms with E-state index in [-0.39, 0.29) is 12.4 Å². The zero-order valence-corrected chi connectivity index (χ0v) is 14.5. The number of halogens is 2. The van der Waals surface area contributed by atoms with Crippen LogP contribution in [-0.4, -0.2) is 18.2 Å². The van der Waals surface area contributed by atoms with Gasteiger partial charge in [0, 0.05) is 23.7 Å². The number of ether oxygens (including phenoxy) is 1. The van der Waals surface area contributed by atoms with Crippen molar-refractivity contribution >= 4 is 22.5 Å². The Morgan fingerprint density at radius 2 is 2.08 bits per heavy atom. The van der Waals surface area contributed by atoms with Gasteiger partial charge in [0.05, 0.1) is 5.52 Å². The molecule has 0 atom stereocenters. The highest BCUT2D eigenvalue weighted by Crippen LogP contribution is 2.33. The van der Waals surface area contributed by atoms with Gasteiger partial charge in [-0.15, -0.1) is 0 Å². The summed E-state index contributed by atoms with van der Waals surface area (Å²) in [5.74, 6) is -0.0411. The maximum atomic E-state index is 14.4. The van der Waals surface area contributed by atoms with Crippen molar-refractivity contribution in [3.8, 4) is 5.75 Å². The van der Waals surface area contributed by atoms with Crippen LogP contribution in [0.25, 0.3) is 10.9 Å². The molecule has 1 N–H and O–H groups in total. The topological polar surface area (TPSA) is 26.2 Å². The van der Waals surface area contributed by atoms with Crippen LogP contribution in [0.2, 0.25) is 5.02 Å². The van der Waals surface area contributed by atoms with Gasteiger partial charge in [-0.1, -0.05) is 23.7 Å². The summed E-state index contributed by atoms with van der Waals surface area (Å²) in [5, 5.41) is 4.61. The average molecular weight is 347 g/mol. The molecule has 3 nitrogen and oxygen atoms in total. The quantitative estimate of drug-likeness (QED) is 0.719. The van der Waals surface area contributed by atoms with Gasteiger partial charge >= 0.3 is 0 Å². The monoisotopic (exact) mass is 346 g/mol.